The van der Waals surface area contributed by atoms with Gasteiger partial charge in [-0.25, -0.2) is 0 Å². The molecule has 6 heteroatoms. The molecule has 0 aromatic heterocycles. The number of ether oxygens (including phenoxy) is 2. The van der Waals surface area contributed by atoms with Crippen LogP contribution in [0.25, 0.3) is 0 Å². The molecule has 27 heavy (non-hydrogen) atoms. The van der Waals surface area contributed by atoms with Crippen molar-refractivity contribution in [1.29, 1.82) is 0 Å². The van der Waals surface area contributed by atoms with Crippen molar-refractivity contribution in [2.45, 2.75) is 19.1 Å². The van der Waals surface area contributed by atoms with Crippen molar-refractivity contribution in [2.75, 3.05) is 25.7 Å². The monoisotopic (exact) mass is 390 g/mol. The average molecular weight is 391 g/mol. The van der Waals surface area contributed by atoms with Gasteiger partial charge >= 0.3 is 0 Å². The molecule has 2 aromatic rings. The van der Waals surface area contributed by atoms with Gasteiger partial charge in [-0.15, -0.1) is 11.6 Å². The predicted molar refractivity (Wildman–Crippen MR) is 104 cm³/mol. The minimum atomic E-state index is -0.894. The minimum absolute atomic E-state index is 0.0404. The fraction of sp³-hybridized carbons (Fsp3) is 0.333. The Morgan fingerprint density at radius 2 is 1.56 bits per heavy atom. The van der Waals surface area contributed by atoms with Crippen LogP contribution in [0.1, 0.15) is 16.7 Å². The first-order valence-corrected chi connectivity index (χ1v) is 9.06. The van der Waals surface area contributed by atoms with E-state index in [2.05, 4.69) is 11.8 Å². The van der Waals surface area contributed by atoms with E-state index >= 15 is 0 Å². The number of hydrogen-bond donors (Lipinski definition) is 3. The number of aliphatic hydroxyl groups excluding tert-OH is 3. The number of hydrogen-bond acceptors (Lipinski definition) is 5. The Hall–Kier alpha value is -2.23. The first kappa shape index (κ1) is 21.1. The van der Waals surface area contributed by atoms with E-state index in [4.69, 9.17) is 26.2 Å². The first-order chi connectivity index (χ1) is 13.0. The van der Waals surface area contributed by atoms with Gasteiger partial charge < -0.3 is 24.8 Å². The summed E-state index contributed by atoms with van der Waals surface area (Å²) in [6.45, 7) is 1.75. The highest BCUT2D eigenvalue weighted by Gasteiger charge is 2.05. The zero-order chi connectivity index (χ0) is 19.6. The lowest BCUT2D eigenvalue weighted by atomic mass is 10.1. The molecule has 0 saturated carbocycles. The van der Waals surface area contributed by atoms with Gasteiger partial charge in [0.1, 0.15) is 36.9 Å². The molecular weight excluding hydrogens is 368 g/mol. The molecule has 3 N–H and O–H groups in total. The van der Waals surface area contributed by atoms with E-state index in [9.17, 15) is 10.2 Å². The van der Waals surface area contributed by atoms with Gasteiger partial charge in [-0.1, -0.05) is 11.8 Å². The van der Waals surface area contributed by atoms with Crippen molar-refractivity contribution in [3.8, 4) is 23.3 Å². The van der Waals surface area contributed by atoms with Crippen LogP contribution >= 0.6 is 11.6 Å². The molecular formula is C21H23ClO5. The highest BCUT2D eigenvalue weighted by atomic mass is 35.5. The minimum Gasteiger partial charge on any atom is -0.491 e. The standard InChI is InChI=1S/C21H23ClO5/c1-15-10-17(6-9-21(15)27-14-19(25)12-23)3-2-16-4-7-20(8-5-16)26-13-18(24)11-22/h4-10,18-19,23-25H,11-14H2,1H3/t18-,19-/m1/s1. The average Bonchev–Trinajstić information content (AvgIpc) is 2.70. The molecule has 0 fully saturated rings. The lowest BCUT2D eigenvalue weighted by Gasteiger charge is -2.12. The van der Waals surface area contributed by atoms with Crippen molar-refractivity contribution in [3.05, 3.63) is 59.2 Å². The Kier molecular flexibility index (Phi) is 8.43. The van der Waals surface area contributed by atoms with Crippen molar-refractivity contribution in [2.24, 2.45) is 0 Å². The van der Waals surface area contributed by atoms with Gasteiger partial charge in [-0.2, -0.15) is 0 Å². The van der Waals surface area contributed by atoms with E-state index in [1.807, 2.05) is 31.2 Å². The van der Waals surface area contributed by atoms with Gasteiger partial charge in [0.05, 0.1) is 12.5 Å². The normalized spacial score (nSPS) is 12.6. The quantitative estimate of drug-likeness (QED) is 0.475. The molecule has 5 nitrogen and oxygen atoms in total. The van der Waals surface area contributed by atoms with Gasteiger partial charge in [-0.3, -0.25) is 0 Å². The zero-order valence-corrected chi connectivity index (χ0v) is 15.8. The van der Waals surface area contributed by atoms with Gasteiger partial charge in [0.15, 0.2) is 0 Å². The zero-order valence-electron chi connectivity index (χ0n) is 15.1. The summed E-state index contributed by atoms with van der Waals surface area (Å²) in [4.78, 5) is 0. The predicted octanol–water partition coefficient (Wildman–Crippen LogP) is 2.11. The number of halogens is 1. The maximum absolute atomic E-state index is 9.39. The van der Waals surface area contributed by atoms with Crippen LogP contribution in [0.3, 0.4) is 0 Å². The number of rotatable bonds is 8. The number of aliphatic hydroxyl groups is 3. The van der Waals surface area contributed by atoms with Crippen LogP contribution in [0.2, 0.25) is 0 Å². The number of alkyl halides is 1. The maximum Gasteiger partial charge on any atom is 0.122 e. The summed E-state index contributed by atoms with van der Waals surface area (Å²) in [5.74, 6) is 7.60. The summed E-state index contributed by atoms with van der Waals surface area (Å²) >= 11 is 5.52. The summed E-state index contributed by atoms with van der Waals surface area (Å²) in [7, 11) is 0. The van der Waals surface area contributed by atoms with Crippen molar-refractivity contribution < 1.29 is 24.8 Å². The molecule has 0 saturated heterocycles. The second kappa shape index (κ2) is 10.8. The van der Waals surface area contributed by atoms with Crippen LogP contribution in [0, 0.1) is 18.8 Å². The van der Waals surface area contributed by atoms with Gasteiger partial charge in [0.25, 0.3) is 0 Å². The highest BCUT2D eigenvalue weighted by Crippen LogP contribution is 2.19. The summed E-state index contributed by atoms with van der Waals surface area (Å²) in [5, 5.41) is 27.5. The third-order valence-corrected chi connectivity index (χ3v) is 4.00. The molecule has 0 unspecified atom stereocenters. The SMILES string of the molecule is Cc1cc(C#Cc2ccc(OC[C@H](O)CCl)cc2)ccc1OC[C@H](O)CO. The Labute approximate surface area is 164 Å². The van der Waals surface area contributed by atoms with Crippen LogP contribution in [-0.2, 0) is 0 Å². The molecule has 2 rings (SSSR count). The molecule has 0 radical (unpaired) electrons. The van der Waals surface area contributed by atoms with Crippen LogP contribution < -0.4 is 9.47 Å². The fourth-order valence-electron chi connectivity index (χ4n) is 2.14. The molecule has 2 aromatic carbocycles. The van der Waals surface area contributed by atoms with E-state index in [1.165, 1.54) is 0 Å². The molecule has 0 aliphatic heterocycles. The van der Waals surface area contributed by atoms with Crippen LogP contribution in [0.4, 0.5) is 0 Å². The Morgan fingerprint density at radius 3 is 2.19 bits per heavy atom. The summed E-state index contributed by atoms with van der Waals surface area (Å²) in [6, 6.07) is 12.8. The van der Waals surface area contributed by atoms with Crippen LogP contribution in [0.15, 0.2) is 42.5 Å². The largest absolute Gasteiger partial charge is 0.491 e. The lowest BCUT2D eigenvalue weighted by molar-refractivity contribution is 0.0534. The first-order valence-electron chi connectivity index (χ1n) is 8.53. The van der Waals surface area contributed by atoms with Crippen LogP contribution in [-0.4, -0.2) is 53.2 Å². The molecule has 144 valence electrons. The van der Waals surface area contributed by atoms with E-state index in [0.717, 1.165) is 16.7 Å². The molecule has 0 bridgehead atoms. The Balaban J connectivity index is 1.97. The fourth-order valence-corrected chi connectivity index (χ4v) is 2.23. The van der Waals surface area contributed by atoms with E-state index in [1.54, 1.807) is 18.2 Å². The third-order valence-electron chi connectivity index (χ3n) is 3.64. The highest BCUT2D eigenvalue weighted by molar-refractivity contribution is 6.18. The van der Waals surface area contributed by atoms with Crippen molar-refractivity contribution in [1.82, 2.24) is 0 Å². The third kappa shape index (κ3) is 7.12. The van der Waals surface area contributed by atoms with Gasteiger partial charge in [0, 0.05) is 11.1 Å². The lowest BCUT2D eigenvalue weighted by Crippen LogP contribution is -2.21. The molecule has 2 atom stereocenters. The Morgan fingerprint density at radius 1 is 0.926 bits per heavy atom. The summed E-state index contributed by atoms with van der Waals surface area (Å²) < 4.78 is 10.9. The second-order valence-corrected chi connectivity index (χ2v) is 6.33. The van der Waals surface area contributed by atoms with Gasteiger partial charge in [0.2, 0.25) is 0 Å². The topological polar surface area (TPSA) is 79.2 Å². The number of aryl methyl sites for hydroxylation is 1. The van der Waals surface area contributed by atoms with Crippen LogP contribution in [0.5, 0.6) is 11.5 Å². The Bertz CT molecular complexity index is 779. The smallest absolute Gasteiger partial charge is 0.122 e. The molecule has 0 spiro atoms. The van der Waals surface area contributed by atoms with Crippen molar-refractivity contribution >= 4 is 11.6 Å². The molecule has 0 aliphatic rings. The maximum atomic E-state index is 9.39. The summed E-state index contributed by atoms with van der Waals surface area (Å²) in [5.41, 5.74) is 2.57. The van der Waals surface area contributed by atoms with Crippen molar-refractivity contribution in [3.63, 3.8) is 0 Å². The molecule has 0 heterocycles. The van der Waals surface area contributed by atoms with Gasteiger partial charge in [-0.05, 0) is 55.0 Å². The van der Waals surface area contributed by atoms with E-state index in [-0.39, 0.29) is 25.7 Å². The number of benzene rings is 2. The molecule has 0 amide bonds. The summed E-state index contributed by atoms with van der Waals surface area (Å²) in [6.07, 6.45) is -1.58. The van der Waals surface area contributed by atoms with E-state index in [0.29, 0.717) is 11.5 Å². The molecule has 0 aliphatic carbocycles. The second-order valence-electron chi connectivity index (χ2n) is 6.02. The van der Waals surface area contributed by atoms with E-state index < -0.39 is 12.2 Å².